The number of benzene rings is 1. The van der Waals surface area contributed by atoms with Gasteiger partial charge < -0.3 is 25.1 Å². The predicted octanol–water partition coefficient (Wildman–Crippen LogP) is 2.67. The van der Waals surface area contributed by atoms with Crippen molar-refractivity contribution in [2.24, 2.45) is 0 Å². The zero-order valence-corrected chi connectivity index (χ0v) is 16.0. The van der Waals surface area contributed by atoms with Crippen molar-refractivity contribution in [1.82, 2.24) is 4.90 Å². The second kappa shape index (κ2) is 8.66. The van der Waals surface area contributed by atoms with Crippen LogP contribution in [-0.4, -0.2) is 49.3 Å². The molecule has 0 aliphatic carbocycles. The Kier molecular flexibility index (Phi) is 6.05. The summed E-state index contributed by atoms with van der Waals surface area (Å²) in [5.41, 5.74) is 2.13. The summed E-state index contributed by atoms with van der Waals surface area (Å²) in [4.78, 5) is 38.1. The molecule has 1 aromatic carbocycles. The number of hydrogen-bond donors (Lipinski definition) is 2. The van der Waals surface area contributed by atoms with Gasteiger partial charge in [-0.3, -0.25) is 4.79 Å². The standard InChI is InChI=1S/C19H19N3O5S/c1-26-16(23)11-27-19(25)22-8-7-13-14(9-20)18(28-15(13)10-22)21-17(24)12-5-3-2-4-6-12/h2-6,9,20H,7-8,10-11H2,1H3,(H,21,24). The van der Waals surface area contributed by atoms with Crippen molar-refractivity contribution >= 4 is 40.5 Å². The van der Waals surface area contributed by atoms with Crippen molar-refractivity contribution in [3.8, 4) is 0 Å². The van der Waals surface area contributed by atoms with Crippen molar-refractivity contribution in [2.45, 2.75) is 13.0 Å². The van der Waals surface area contributed by atoms with Crippen molar-refractivity contribution < 1.29 is 23.9 Å². The minimum absolute atomic E-state index is 0.253. The van der Waals surface area contributed by atoms with E-state index >= 15 is 0 Å². The molecule has 8 nitrogen and oxygen atoms in total. The minimum atomic E-state index is -0.626. The summed E-state index contributed by atoms with van der Waals surface area (Å²) in [5.74, 6) is -0.879. The van der Waals surface area contributed by atoms with E-state index in [4.69, 9.17) is 10.1 Å². The zero-order chi connectivity index (χ0) is 20.1. The maximum atomic E-state index is 12.4. The molecule has 2 amide bonds. The number of rotatable bonds is 5. The average Bonchev–Trinajstić information content (AvgIpc) is 3.08. The molecule has 0 saturated heterocycles. The van der Waals surface area contributed by atoms with Crippen LogP contribution in [0, 0.1) is 5.41 Å². The van der Waals surface area contributed by atoms with Crippen LogP contribution in [0.4, 0.5) is 9.80 Å². The third-order valence-corrected chi connectivity index (χ3v) is 5.45. The molecule has 0 unspecified atom stereocenters. The van der Waals surface area contributed by atoms with E-state index in [1.165, 1.54) is 29.6 Å². The molecule has 0 atom stereocenters. The van der Waals surface area contributed by atoms with E-state index in [1.807, 2.05) is 6.07 Å². The van der Waals surface area contributed by atoms with Crippen molar-refractivity contribution in [2.75, 3.05) is 25.6 Å². The minimum Gasteiger partial charge on any atom is -0.466 e. The van der Waals surface area contributed by atoms with Crippen LogP contribution in [0.1, 0.15) is 26.4 Å². The number of esters is 1. The lowest BCUT2D eigenvalue weighted by Crippen LogP contribution is -2.36. The molecule has 1 aliphatic heterocycles. The van der Waals surface area contributed by atoms with Crippen LogP contribution in [0.3, 0.4) is 0 Å². The molecule has 3 rings (SSSR count). The Balaban J connectivity index is 1.73. The molecule has 0 spiro atoms. The fraction of sp³-hybridized carbons (Fsp3) is 0.263. The summed E-state index contributed by atoms with van der Waals surface area (Å²) < 4.78 is 9.39. The molecule has 28 heavy (non-hydrogen) atoms. The van der Waals surface area contributed by atoms with Gasteiger partial charge in [0.15, 0.2) is 6.61 Å². The summed E-state index contributed by atoms with van der Waals surface area (Å²) >= 11 is 1.34. The summed E-state index contributed by atoms with van der Waals surface area (Å²) in [7, 11) is 1.22. The van der Waals surface area contributed by atoms with Crippen LogP contribution in [0.15, 0.2) is 30.3 Å². The Hall–Kier alpha value is -3.20. The number of nitrogens with zero attached hydrogens (tertiary/aromatic N) is 1. The van der Waals surface area contributed by atoms with Gasteiger partial charge >= 0.3 is 12.1 Å². The number of carbonyl (C=O) groups excluding carboxylic acids is 3. The molecule has 1 aromatic heterocycles. The Morgan fingerprint density at radius 2 is 2.04 bits per heavy atom. The lowest BCUT2D eigenvalue weighted by molar-refractivity contribution is -0.144. The van der Waals surface area contributed by atoms with Gasteiger partial charge in [-0.25, -0.2) is 9.59 Å². The van der Waals surface area contributed by atoms with E-state index in [2.05, 4.69) is 10.1 Å². The van der Waals surface area contributed by atoms with Gasteiger partial charge in [-0.15, -0.1) is 11.3 Å². The number of carbonyl (C=O) groups is 3. The van der Waals surface area contributed by atoms with Gasteiger partial charge in [-0.1, -0.05) is 18.2 Å². The quantitative estimate of drug-likeness (QED) is 0.591. The number of anilines is 1. The molecule has 0 saturated carbocycles. The van der Waals surface area contributed by atoms with Crippen LogP contribution < -0.4 is 5.32 Å². The number of methoxy groups -OCH3 is 1. The van der Waals surface area contributed by atoms with Gasteiger partial charge in [-0.05, 0) is 24.1 Å². The second-order valence-electron chi connectivity index (χ2n) is 6.01. The Bertz CT molecular complexity index is 910. The summed E-state index contributed by atoms with van der Waals surface area (Å²) in [6, 6.07) is 8.82. The first-order valence-electron chi connectivity index (χ1n) is 8.53. The number of ether oxygens (including phenoxy) is 2. The van der Waals surface area contributed by atoms with E-state index < -0.39 is 18.7 Å². The Morgan fingerprint density at radius 3 is 2.71 bits per heavy atom. The zero-order valence-electron chi connectivity index (χ0n) is 15.2. The highest BCUT2D eigenvalue weighted by atomic mass is 32.1. The SMILES string of the molecule is COC(=O)COC(=O)N1CCc2c(sc(NC(=O)c3ccccc3)c2C=N)C1. The molecule has 0 fully saturated rings. The second-order valence-corrected chi connectivity index (χ2v) is 7.12. The van der Waals surface area contributed by atoms with Crippen molar-refractivity contribution in [3.05, 3.63) is 51.9 Å². The molecule has 1 aliphatic rings. The van der Waals surface area contributed by atoms with E-state index in [-0.39, 0.29) is 5.91 Å². The molecule has 0 radical (unpaired) electrons. The molecule has 0 bridgehead atoms. The predicted molar refractivity (Wildman–Crippen MR) is 104 cm³/mol. The largest absolute Gasteiger partial charge is 0.466 e. The molecular weight excluding hydrogens is 382 g/mol. The van der Waals surface area contributed by atoms with Crippen LogP contribution in [0.25, 0.3) is 0 Å². The Morgan fingerprint density at radius 1 is 1.29 bits per heavy atom. The van der Waals surface area contributed by atoms with E-state index in [9.17, 15) is 14.4 Å². The molecule has 146 valence electrons. The number of fused-ring (bicyclic) bond motifs is 1. The molecule has 2 heterocycles. The van der Waals surface area contributed by atoms with Crippen LogP contribution >= 0.6 is 11.3 Å². The maximum Gasteiger partial charge on any atom is 0.410 e. The summed E-state index contributed by atoms with van der Waals surface area (Å²) in [6.07, 6.45) is 1.16. The van der Waals surface area contributed by atoms with Gasteiger partial charge in [0.2, 0.25) is 0 Å². The van der Waals surface area contributed by atoms with Gasteiger partial charge in [-0.2, -0.15) is 0 Å². The number of hydrogen-bond acceptors (Lipinski definition) is 7. The highest BCUT2D eigenvalue weighted by Crippen LogP contribution is 2.36. The first-order chi connectivity index (χ1) is 13.5. The lowest BCUT2D eigenvalue weighted by atomic mass is 10.0. The van der Waals surface area contributed by atoms with Gasteiger partial charge in [0.05, 0.1) is 13.7 Å². The van der Waals surface area contributed by atoms with Crippen LogP contribution in [-0.2, 0) is 27.2 Å². The number of thiophene rings is 1. The molecular formula is C19H19N3O5S. The first kappa shape index (κ1) is 19.6. The fourth-order valence-electron chi connectivity index (χ4n) is 2.87. The smallest absolute Gasteiger partial charge is 0.410 e. The first-order valence-corrected chi connectivity index (χ1v) is 9.35. The average molecular weight is 401 g/mol. The third-order valence-electron chi connectivity index (χ3n) is 4.30. The summed E-state index contributed by atoms with van der Waals surface area (Å²) in [5, 5.41) is 11.2. The van der Waals surface area contributed by atoms with Gasteiger partial charge in [0, 0.05) is 28.8 Å². The highest BCUT2D eigenvalue weighted by molar-refractivity contribution is 7.17. The number of amides is 2. The number of nitrogens with one attached hydrogen (secondary N) is 2. The third kappa shape index (κ3) is 4.20. The van der Waals surface area contributed by atoms with Crippen LogP contribution in [0.5, 0.6) is 0 Å². The Labute approximate surface area is 165 Å². The van der Waals surface area contributed by atoms with Crippen molar-refractivity contribution in [1.29, 1.82) is 5.41 Å². The molecule has 2 aromatic rings. The monoisotopic (exact) mass is 401 g/mol. The van der Waals surface area contributed by atoms with E-state index in [1.54, 1.807) is 24.3 Å². The van der Waals surface area contributed by atoms with E-state index in [0.717, 1.165) is 10.4 Å². The van der Waals surface area contributed by atoms with Crippen LogP contribution in [0.2, 0.25) is 0 Å². The maximum absolute atomic E-state index is 12.4. The summed E-state index contributed by atoms with van der Waals surface area (Å²) in [6.45, 7) is 0.256. The highest BCUT2D eigenvalue weighted by Gasteiger charge is 2.28. The topological polar surface area (TPSA) is 109 Å². The van der Waals surface area contributed by atoms with Crippen molar-refractivity contribution in [3.63, 3.8) is 0 Å². The molecule has 2 N–H and O–H groups in total. The fourth-order valence-corrected chi connectivity index (χ4v) is 4.10. The normalized spacial score (nSPS) is 12.7. The molecule has 9 heteroatoms. The van der Waals surface area contributed by atoms with E-state index in [0.29, 0.717) is 35.6 Å². The van der Waals surface area contributed by atoms with Gasteiger partial charge in [0.1, 0.15) is 5.00 Å². The lowest BCUT2D eigenvalue weighted by Gasteiger charge is -2.26. The van der Waals surface area contributed by atoms with Gasteiger partial charge in [0.25, 0.3) is 5.91 Å².